The maximum atomic E-state index is 11.2. The smallest absolute Gasteiger partial charge is 0.327 e. The molecular formula is C9H7N7O2S. The molecule has 0 bridgehead atoms. The van der Waals surface area contributed by atoms with E-state index in [2.05, 4.69) is 30.5 Å². The van der Waals surface area contributed by atoms with E-state index in [0.29, 0.717) is 15.7 Å². The van der Waals surface area contributed by atoms with E-state index < -0.39 is 5.97 Å². The number of methoxy groups -OCH3 is 1. The molecule has 0 atom stereocenters. The number of carbonyl (C=O) groups excluding carboxylic acids is 1. The zero-order chi connectivity index (χ0) is 13.7. The molecule has 2 aromatic heterocycles. The number of ether oxygens (including phenoxy) is 1. The third kappa shape index (κ3) is 3.02. The van der Waals surface area contributed by atoms with Crippen LogP contribution in [0.25, 0.3) is 0 Å². The lowest BCUT2D eigenvalue weighted by molar-refractivity contribution is -0.141. The molecule has 0 aliphatic carbocycles. The largest absolute Gasteiger partial charge is 0.468 e. The highest BCUT2D eigenvalue weighted by Crippen LogP contribution is 2.25. The van der Waals surface area contributed by atoms with E-state index in [1.54, 1.807) is 0 Å². The molecule has 0 radical (unpaired) electrons. The van der Waals surface area contributed by atoms with Gasteiger partial charge in [0.05, 0.1) is 18.9 Å². The van der Waals surface area contributed by atoms with Gasteiger partial charge < -0.3 is 4.74 Å². The van der Waals surface area contributed by atoms with E-state index in [1.807, 2.05) is 6.07 Å². The highest BCUT2D eigenvalue weighted by atomic mass is 32.2. The summed E-state index contributed by atoms with van der Waals surface area (Å²) < 4.78 is 5.79. The summed E-state index contributed by atoms with van der Waals surface area (Å²) in [5.41, 5.74) is 0.354. The second-order valence-corrected chi connectivity index (χ2v) is 4.12. The van der Waals surface area contributed by atoms with Crippen molar-refractivity contribution in [2.75, 3.05) is 7.11 Å². The Kier molecular flexibility index (Phi) is 3.99. The zero-order valence-corrected chi connectivity index (χ0v) is 10.5. The van der Waals surface area contributed by atoms with Gasteiger partial charge >= 0.3 is 5.97 Å². The first-order chi connectivity index (χ1) is 9.24. The Morgan fingerprint density at radius 3 is 3.16 bits per heavy atom. The molecule has 0 saturated carbocycles. The molecule has 9 nitrogen and oxygen atoms in total. The third-order valence-corrected chi connectivity index (χ3v) is 2.97. The minimum atomic E-state index is -0.478. The molecule has 0 fully saturated rings. The molecule has 0 aliphatic heterocycles. The number of tetrazole rings is 1. The average molecular weight is 277 g/mol. The maximum Gasteiger partial charge on any atom is 0.327 e. The molecule has 19 heavy (non-hydrogen) atoms. The van der Waals surface area contributed by atoms with Gasteiger partial charge in [0, 0.05) is 0 Å². The zero-order valence-electron chi connectivity index (χ0n) is 9.72. The molecular weight excluding hydrogens is 270 g/mol. The van der Waals surface area contributed by atoms with Gasteiger partial charge in [-0.2, -0.15) is 10.4 Å². The Labute approximate surface area is 111 Å². The number of rotatable bonds is 4. The summed E-state index contributed by atoms with van der Waals surface area (Å²) >= 11 is 1.05. The average Bonchev–Trinajstić information content (AvgIpc) is 2.86. The Balaban J connectivity index is 2.22. The van der Waals surface area contributed by atoms with Crippen LogP contribution in [-0.2, 0) is 16.1 Å². The van der Waals surface area contributed by atoms with Gasteiger partial charge in [-0.15, -0.1) is 10.2 Å². The Morgan fingerprint density at radius 2 is 2.42 bits per heavy atom. The van der Waals surface area contributed by atoms with E-state index in [4.69, 9.17) is 5.26 Å². The minimum absolute atomic E-state index is 0.117. The summed E-state index contributed by atoms with van der Waals surface area (Å²) in [6.07, 6.45) is 1.42. The molecule has 0 unspecified atom stereocenters. The van der Waals surface area contributed by atoms with Crippen LogP contribution in [0.2, 0.25) is 0 Å². The summed E-state index contributed by atoms with van der Waals surface area (Å²) in [5.74, 6) is -0.478. The van der Waals surface area contributed by atoms with Crippen LogP contribution in [0, 0.1) is 11.3 Å². The SMILES string of the molecule is COC(=O)Cn1nnnc1Sc1nnccc1C#N. The van der Waals surface area contributed by atoms with Gasteiger partial charge in [-0.25, -0.2) is 4.68 Å². The first-order valence-corrected chi connectivity index (χ1v) is 5.79. The number of nitrogens with zero attached hydrogens (tertiary/aromatic N) is 7. The molecule has 0 aliphatic rings. The molecule has 96 valence electrons. The van der Waals surface area contributed by atoms with Crippen LogP contribution in [0.3, 0.4) is 0 Å². The molecule has 0 aromatic carbocycles. The molecule has 10 heteroatoms. The monoisotopic (exact) mass is 277 g/mol. The summed E-state index contributed by atoms with van der Waals surface area (Å²) in [6, 6.07) is 3.52. The van der Waals surface area contributed by atoms with Gasteiger partial charge in [-0.3, -0.25) is 4.79 Å². The summed E-state index contributed by atoms with van der Waals surface area (Å²) in [4.78, 5) is 11.2. The van der Waals surface area contributed by atoms with Crippen molar-refractivity contribution in [3.8, 4) is 6.07 Å². The lowest BCUT2D eigenvalue weighted by atomic mass is 10.3. The lowest BCUT2D eigenvalue weighted by Gasteiger charge is -2.02. The third-order valence-electron chi connectivity index (χ3n) is 2.00. The first-order valence-electron chi connectivity index (χ1n) is 4.97. The molecule has 0 spiro atoms. The predicted octanol–water partition coefficient (Wildman–Crippen LogP) is -0.341. The Bertz CT molecular complexity index is 635. The van der Waals surface area contributed by atoms with Crippen LogP contribution in [0.15, 0.2) is 22.4 Å². The van der Waals surface area contributed by atoms with Gasteiger partial charge in [0.25, 0.3) is 0 Å². The van der Waals surface area contributed by atoms with E-state index in [0.717, 1.165) is 11.8 Å². The van der Waals surface area contributed by atoms with Crippen LogP contribution in [0.1, 0.15) is 5.56 Å². The summed E-state index contributed by atoms with van der Waals surface area (Å²) in [7, 11) is 1.27. The first kappa shape index (κ1) is 12.9. The number of hydrogen-bond donors (Lipinski definition) is 0. The number of esters is 1. The highest BCUT2D eigenvalue weighted by Gasteiger charge is 2.15. The van der Waals surface area contributed by atoms with E-state index in [9.17, 15) is 4.79 Å². The van der Waals surface area contributed by atoms with Gasteiger partial charge in [0.1, 0.15) is 17.6 Å². The summed E-state index contributed by atoms with van der Waals surface area (Å²) in [5, 5.41) is 28.0. The van der Waals surface area contributed by atoms with E-state index in [-0.39, 0.29) is 6.54 Å². The summed E-state index contributed by atoms with van der Waals surface area (Å²) in [6.45, 7) is -0.117. The fourth-order valence-corrected chi connectivity index (χ4v) is 1.89. The predicted molar refractivity (Wildman–Crippen MR) is 60.7 cm³/mol. The van der Waals surface area contributed by atoms with Crippen LogP contribution >= 0.6 is 11.8 Å². The van der Waals surface area contributed by atoms with Gasteiger partial charge in [0.15, 0.2) is 0 Å². The van der Waals surface area contributed by atoms with Gasteiger partial charge in [0.2, 0.25) is 5.16 Å². The van der Waals surface area contributed by atoms with Crippen molar-refractivity contribution in [2.45, 2.75) is 16.7 Å². The van der Waals surface area contributed by atoms with Crippen molar-refractivity contribution >= 4 is 17.7 Å². The molecule has 0 amide bonds. The van der Waals surface area contributed by atoms with Crippen LogP contribution in [-0.4, -0.2) is 43.5 Å². The maximum absolute atomic E-state index is 11.2. The molecule has 2 aromatic rings. The topological polar surface area (TPSA) is 119 Å². The second-order valence-electron chi connectivity index (χ2n) is 3.16. The standard InChI is InChI=1S/C9H7N7O2S/c1-18-7(17)5-16-9(13-14-15-16)19-8-6(4-10)2-3-11-12-8/h2-3H,5H2,1H3. The molecule has 0 N–H and O–H groups in total. The van der Waals surface area contributed by atoms with Crippen molar-refractivity contribution in [3.05, 3.63) is 17.8 Å². The van der Waals surface area contributed by atoms with Crippen molar-refractivity contribution in [3.63, 3.8) is 0 Å². The lowest BCUT2D eigenvalue weighted by Crippen LogP contribution is -2.13. The minimum Gasteiger partial charge on any atom is -0.468 e. The quantitative estimate of drug-likeness (QED) is 0.691. The normalized spacial score (nSPS) is 9.89. The Hall–Kier alpha value is -2.54. The van der Waals surface area contributed by atoms with Crippen LogP contribution < -0.4 is 0 Å². The van der Waals surface area contributed by atoms with Crippen molar-refractivity contribution in [1.29, 1.82) is 5.26 Å². The van der Waals surface area contributed by atoms with Crippen LogP contribution in [0.4, 0.5) is 0 Å². The van der Waals surface area contributed by atoms with Crippen molar-refractivity contribution < 1.29 is 9.53 Å². The van der Waals surface area contributed by atoms with Gasteiger partial charge in [-0.1, -0.05) is 0 Å². The molecule has 2 heterocycles. The highest BCUT2D eigenvalue weighted by molar-refractivity contribution is 7.99. The molecule has 2 rings (SSSR count). The van der Waals surface area contributed by atoms with Gasteiger partial charge in [-0.05, 0) is 28.3 Å². The van der Waals surface area contributed by atoms with E-state index in [1.165, 1.54) is 24.1 Å². The van der Waals surface area contributed by atoms with Crippen LogP contribution in [0.5, 0.6) is 0 Å². The molecule has 0 saturated heterocycles. The Morgan fingerprint density at radius 1 is 1.58 bits per heavy atom. The second kappa shape index (κ2) is 5.87. The number of carbonyl (C=O) groups is 1. The fraction of sp³-hybridized carbons (Fsp3) is 0.222. The fourth-order valence-electron chi connectivity index (χ4n) is 1.12. The van der Waals surface area contributed by atoms with Crippen molar-refractivity contribution in [2.24, 2.45) is 0 Å². The number of nitriles is 1. The number of aromatic nitrogens is 6. The van der Waals surface area contributed by atoms with E-state index >= 15 is 0 Å². The van der Waals surface area contributed by atoms with Crippen molar-refractivity contribution in [1.82, 2.24) is 30.4 Å². The number of hydrogen-bond acceptors (Lipinski definition) is 9.